The predicted molar refractivity (Wildman–Crippen MR) is 126 cm³/mol. The van der Waals surface area contributed by atoms with Gasteiger partial charge in [0.1, 0.15) is 29.7 Å². The van der Waals surface area contributed by atoms with Crippen molar-refractivity contribution < 1.29 is 23.4 Å². The molecule has 1 heterocycles. The molecule has 0 spiro atoms. The fourth-order valence-corrected chi connectivity index (χ4v) is 4.59. The van der Waals surface area contributed by atoms with Crippen molar-refractivity contribution in [2.45, 2.75) is 24.8 Å². The van der Waals surface area contributed by atoms with Crippen LogP contribution in [-0.2, 0) is 0 Å². The van der Waals surface area contributed by atoms with E-state index in [1.54, 1.807) is 29.2 Å². The maximum absolute atomic E-state index is 14.8. The number of nitrogens with zero attached hydrogens (tertiary/aromatic N) is 1. The highest BCUT2D eigenvalue weighted by molar-refractivity contribution is 8.00. The minimum absolute atomic E-state index is 0.00265. The Balaban J connectivity index is 1.85. The largest absolute Gasteiger partial charge is 0.505 e. The third-order valence-electron chi connectivity index (χ3n) is 5.25. The van der Waals surface area contributed by atoms with E-state index in [0.29, 0.717) is 11.3 Å². The first-order chi connectivity index (χ1) is 15.8. The number of phenols is 1. The summed E-state index contributed by atoms with van der Waals surface area (Å²) in [4.78, 5) is 15.1. The third-order valence-corrected chi connectivity index (χ3v) is 6.40. The monoisotopic (exact) mass is 490 g/mol. The molecular formula is C24H21ClF2N2O3S. The number of anilines is 1. The summed E-state index contributed by atoms with van der Waals surface area (Å²) < 4.78 is 38.0. The normalized spacial score (nSPS) is 14.1. The summed E-state index contributed by atoms with van der Waals surface area (Å²) in [5.41, 5.74) is 0.869. The lowest BCUT2D eigenvalue weighted by molar-refractivity contribution is 0.0675. The van der Waals surface area contributed by atoms with Gasteiger partial charge >= 0.3 is 0 Å². The molecule has 1 aliphatic heterocycles. The SMILES string of the molecule is CC(C)N1CCOc2ccccc2-c2cc(c(F)cc2F)NSc2cc(cc(Cl)c2O)C1=O. The standard InChI is InChI=1S/C24H21ClF2N2O3S/c1-13(2)29-7-8-32-21-6-4-3-5-15(21)16-11-20(19(27)12-18(16)26)28-33-22-10-14(24(29)31)9-17(25)23(22)30/h3-6,9-13,28,30H,7-8H2,1-2H3. The number of aromatic hydroxyl groups is 1. The van der Waals surface area contributed by atoms with Crippen LogP contribution in [0.1, 0.15) is 24.2 Å². The van der Waals surface area contributed by atoms with Gasteiger partial charge in [0.2, 0.25) is 0 Å². The van der Waals surface area contributed by atoms with Crippen molar-refractivity contribution in [3.63, 3.8) is 0 Å². The van der Waals surface area contributed by atoms with Gasteiger partial charge in [0.05, 0.1) is 22.2 Å². The molecule has 1 aliphatic rings. The molecule has 1 amide bonds. The molecule has 2 N–H and O–H groups in total. The van der Waals surface area contributed by atoms with Crippen LogP contribution in [0, 0.1) is 11.6 Å². The molecule has 0 fully saturated rings. The van der Waals surface area contributed by atoms with E-state index < -0.39 is 11.6 Å². The number of hydrogen-bond acceptors (Lipinski definition) is 5. The molecule has 5 nitrogen and oxygen atoms in total. The zero-order chi connectivity index (χ0) is 23.7. The molecule has 0 atom stereocenters. The van der Waals surface area contributed by atoms with Gasteiger partial charge in [-0.15, -0.1) is 0 Å². The van der Waals surface area contributed by atoms with Gasteiger partial charge in [-0.1, -0.05) is 29.8 Å². The first kappa shape index (κ1) is 23.2. The summed E-state index contributed by atoms with van der Waals surface area (Å²) in [7, 11) is 0. The molecule has 0 aromatic heterocycles. The van der Waals surface area contributed by atoms with E-state index in [1.807, 2.05) is 13.8 Å². The number of amides is 1. The molecular weight excluding hydrogens is 470 g/mol. The molecule has 0 aliphatic carbocycles. The molecule has 0 unspecified atom stereocenters. The lowest BCUT2D eigenvalue weighted by Crippen LogP contribution is -2.39. The van der Waals surface area contributed by atoms with Crippen LogP contribution in [-0.4, -0.2) is 35.1 Å². The van der Waals surface area contributed by atoms with Crippen molar-refractivity contribution in [3.05, 3.63) is 70.8 Å². The smallest absolute Gasteiger partial charge is 0.254 e. The van der Waals surface area contributed by atoms with Gasteiger partial charge in [0.25, 0.3) is 5.91 Å². The Morgan fingerprint density at radius 1 is 1.12 bits per heavy atom. The zero-order valence-corrected chi connectivity index (χ0v) is 19.4. The van der Waals surface area contributed by atoms with Crippen LogP contribution < -0.4 is 9.46 Å². The second-order valence-electron chi connectivity index (χ2n) is 7.76. The molecule has 4 rings (SSSR count). The molecule has 0 saturated carbocycles. The number of carbonyl (C=O) groups excluding carboxylic acids is 1. The Morgan fingerprint density at radius 2 is 1.88 bits per heavy atom. The maximum Gasteiger partial charge on any atom is 0.254 e. The van der Waals surface area contributed by atoms with Crippen LogP contribution in [0.2, 0.25) is 5.02 Å². The van der Waals surface area contributed by atoms with Crippen LogP contribution in [0.25, 0.3) is 11.1 Å². The molecule has 3 aromatic rings. The number of rotatable bonds is 1. The Bertz CT molecular complexity index is 1220. The number of nitrogens with one attached hydrogen (secondary N) is 1. The topological polar surface area (TPSA) is 61.8 Å². The number of carbonyl (C=O) groups is 1. The second kappa shape index (κ2) is 9.49. The van der Waals surface area contributed by atoms with Crippen LogP contribution in [0.5, 0.6) is 11.5 Å². The highest BCUT2D eigenvalue weighted by atomic mass is 35.5. The van der Waals surface area contributed by atoms with Gasteiger partial charge in [0, 0.05) is 28.8 Å². The van der Waals surface area contributed by atoms with Crippen molar-refractivity contribution in [3.8, 4) is 22.6 Å². The van der Waals surface area contributed by atoms with E-state index in [1.165, 1.54) is 18.2 Å². The van der Waals surface area contributed by atoms with E-state index in [-0.39, 0.29) is 57.6 Å². The second-order valence-corrected chi connectivity index (χ2v) is 9.01. The Hall–Kier alpha value is -2.97. The zero-order valence-electron chi connectivity index (χ0n) is 17.9. The van der Waals surface area contributed by atoms with Gasteiger partial charge in [-0.3, -0.25) is 4.79 Å². The fraction of sp³-hybridized carbons (Fsp3) is 0.208. The van der Waals surface area contributed by atoms with Crippen molar-refractivity contribution in [2.75, 3.05) is 17.9 Å². The highest BCUT2D eigenvalue weighted by Gasteiger charge is 2.23. The predicted octanol–water partition coefficient (Wildman–Crippen LogP) is 6.35. The van der Waals surface area contributed by atoms with Crippen molar-refractivity contribution in [2.24, 2.45) is 0 Å². The number of para-hydroxylation sites is 1. The van der Waals surface area contributed by atoms with Gasteiger partial charge in [-0.25, -0.2) is 8.78 Å². The summed E-state index contributed by atoms with van der Waals surface area (Å²) >= 11 is 7.04. The van der Waals surface area contributed by atoms with Gasteiger partial charge < -0.3 is 19.5 Å². The molecule has 33 heavy (non-hydrogen) atoms. The summed E-state index contributed by atoms with van der Waals surface area (Å²) in [6, 6.07) is 11.7. The molecule has 3 aromatic carbocycles. The minimum atomic E-state index is -0.810. The highest BCUT2D eigenvalue weighted by Crippen LogP contribution is 2.39. The summed E-state index contributed by atoms with van der Waals surface area (Å²) in [5.74, 6) is -1.68. The summed E-state index contributed by atoms with van der Waals surface area (Å²) in [6.07, 6.45) is 0. The molecule has 172 valence electrons. The lowest BCUT2D eigenvalue weighted by atomic mass is 10.0. The Morgan fingerprint density at radius 3 is 2.64 bits per heavy atom. The van der Waals surface area contributed by atoms with E-state index in [2.05, 4.69) is 4.72 Å². The van der Waals surface area contributed by atoms with Crippen LogP contribution in [0.3, 0.4) is 0 Å². The molecule has 0 saturated heterocycles. The van der Waals surface area contributed by atoms with E-state index in [0.717, 1.165) is 18.0 Å². The first-order valence-corrected chi connectivity index (χ1v) is 11.4. The molecule has 0 radical (unpaired) electrons. The third kappa shape index (κ3) is 4.72. The summed E-state index contributed by atoms with van der Waals surface area (Å²) in [5, 5.41) is 10.4. The fourth-order valence-electron chi connectivity index (χ4n) is 3.55. The van der Waals surface area contributed by atoms with Crippen LogP contribution >= 0.6 is 23.5 Å². The average molecular weight is 491 g/mol. The van der Waals surface area contributed by atoms with Gasteiger partial charge in [0.15, 0.2) is 0 Å². The Kier molecular flexibility index (Phi) is 6.67. The number of fused-ring (bicyclic) bond motifs is 6. The van der Waals surface area contributed by atoms with E-state index in [9.17, 15) is 18.7 Å². The van der Waals surface area contributed by atoms with Gasteiger partial charge in [-0.05, 0) is 50.1 Å². The maximum atomic E-state index is 14.8. The number of halogens is 3. The number of phenolic OH excluding ortho intramolecular Hbond substituents is 1. The summed E-state index contributed by atoms with van der Waals surface area (Å²) in [6.45, 7) is 4.18. The number of hydrogen-bond donors (Lipinski definition) is 2. The molecule has 9 heteroatoms. The Labute approximate surface area is 199 Å². The average Bonchev–Trinajstić information content (AvgIpc) is 2.78. The number of benzene rings is 3. The number of ether oxygens (including phenoxy) is 1. The quantitative estimate of drug-likeness (QED) is 0.389. The van der Waals surface area contributed by atoms with Crippen molar-refractivity contribution in [1.82, 2.24) is 4.90 Å². The lowest BCUT2D eigenvalue weighted by Gasteiger charge is -2.27. The van der Waals surface area contributed by atoms with Crippen molar-refractivity contribution >= 4 is 35.1 Å². The first-order valence-electron chi connectivity index (χ1n) is 10.2. The van der Waals surface area contributed by atoms with Crippen molar-refractivity contribution in [1.29, 1.82) is 0 Å². The molecule has 4 bridgehead atoms. The van der Waals surface area contributed by atoms with Gasteiger partial charge in [-0.2, -0.15) is 0 Å². The van der Waals surface area contributed by atoms with E-state index >= 15 is 0 Å². The van der Waals surface area contributed by atoms with Crippen LogP contribution in [0.15, 0.2) is 53.4 Å². The van der Waals surface area contributed by atoms with E-state index in [4.69, 9.17) is 16.3 Å². The minimum Gasteiger partial charge on any atom is -0.505 e. The van der Waals surface area contributed by atoms with Crippen LogP contribution in [0.4, 0.5) is 14.5 Å².